The van der Waals surface area contributed by atoms with Crippen molar-refractivity contribution >= 4 is 23.6 Å². The Morgan fingerprint density at radius 3 is 2.04 bits per heavy atom. The maximum Gasteiger partial charge on any atom is 0.434 e. The van der Waals surface area contributed by atoms with Crippen LogP contribution < -0.4 is 4.90 Å². The second kappa shape index (κ2) is 7.21. The molecular weight excluding hydrogens is 346 g/mol. The van der Waals surface area contributed by atoms with Crippen LogP contribution in [0.3, 0.4) is 0 Å². The molecule has 0 N–H and O–H groups in total. The fourth-order valence-electron chi connectivity index (χ4n) is 4.26. The van der Waals surface area contributed by atoms with Crippen molar-refractivity contribution in [1.29, 1.82) is 0 Å². The molecule has 2 saturated heterocycles. The number of hydrogen-bond acceptors (Lipinski definition) is 5. The summed E-state index contributed by atoms with van der Waals surface area (Å²) in [6.45, 7) is 4.41. The Balaban J connectivity index is 1.34. The molecule has 0 spiro atoms. The predicted molar refractivity (Wildman–Crippen MR) is 98.7 cm³/mol. The highest BCUT2D eigenvalue weighted by Crippen LogP contribution is 2.38. The van der Waals surface area contributed by atoms with E-state index in [1.165, 1.54) is 5.56 Å². The van der Waals surface area contributed by atoms with Gasteiger partial charge in [-0.3, -0.25) is 9.59 Å². The third-order valence-electron chi connectivity index (χ3n) is 5.91. The molecule has 1 aliphatic carbocycles. The van der Waals surface area contributed by atoms with Crippen LogP contribution in [0.2, 0.25) is 0 Å². The molecule has 1 saturated carbocycles. The van der Waals surface area contributed by atoms with Crippen molar-refractivity contribution in [2.24, 2.45) is 11.8 Å². The van der Waals surface area contributed by atoms with E-state index in [0.717, 1.165) is 23.6 Å². The third-order valence-corrected chi connectivity index (χ3v) is 5.91. The first-order valence-corrected chi connectivity index (χ1v) is 9.71. The van der Waals surface area contributed by atoms with Gasteiger partial charge in [-0.1, -0.05) is 30.5 Å². The number of carbonyl (C=O) groups excluding carboxylic acids is 3. The van der Waals surface area contributed by atoms with Crippen molar-refractivity contribution in [2.45, 2.75) is 32.6 Å². The molecule has 0 bridgehead atoms. The second-order valence-corrected chi connectivity index (χ2v) is 7.64. The molecule has 4 rings (SSSR count). The number of rotatable bonds is 2. The van der Waals surface area contributed by atoms with E-state index in [1.807, 2.05) is 0 Å². The Morgan fingerprint density at radius 1 is 0.926 bits per heavy atom. The van der Waals surface area contributed by atoms with Gasteiger partial charge >= 0.3 is 6.09 Å². The van der Waals surface area contributed by atoms with Gasteiger partial charge in [-0.25, -0.2) is 4.79 Å². The minimum absolute atomic E-state index is 0.308. The van der Waals surface area contributed by atoms with Crippen molar-refractivity contribution < 1.29 is 19.2 Å². The maximum atomic E-state index is 12.5. The highest BCUT2D eigenvalue weighted by Gasteiger charge is 2.50. The first-order chi connectivity index (χ1) is 13.0. The Morgan fingerprint density at radius 2 is 1.48 bits per heavy atom. The highest BCUT2D eigenvalue weighted by atomic mass is 16.7. The van der Waals surface area contributed by atoms with Gasteiger partial charge in [0.1, 0.15) is 0 Å². The number of aryl methyl sites for hydroxylation is 1. The average molecular weight is 371 g/mol. The van der Waals surface area contributed by atoms with Crippen molar-refractivity contribution in [2.75, 3.05) is 31.1 Å². The van der Waals surface area contributed by atoms with Crippen molar-refractivity contribution in [1.82, 2.24) is 9.96 Å². The summed E-state index contributed by atoms with van der Waals surface area (Å²) in [4.78, 5) is 46.3. The van der Waals surface area contributed by atoms with Crippen LogP contribution in [-0.2, 0) is 14.4 Å². The van der Waals surface area contributed by atoms with Crippen LogP contribution in [0.25, 0.3) is 0 Å². The van der Waals surface area contributed by atoms with Gasteiger partial charge in [0.15, 0.2) is 0 Å². The van der Waals surface area contributed by atoms with Gasteiger partial charge in [-0.2, -0.15) is 0 Å². The fourth-order valence-corrected chi connectivity index (χ4v) is 4.26. The molecule has 0 radical (unpaired) electrons. The predicted octanol–water partition coefficient (Wildman–Crippen LogP) is 2.34. The van der Waals surface area contributed by atoms with E-state index in [2.05, 4.69) is 36.1 Å². The Bertz CT molecular complexity index is 716. The SMILES string of the molecule is Cc1ccc(N2CCN(C(=O)ON3C(=O)C4CCCCC4C3=O)CC2)cc1. The highest BCUT2D eigenvalue weighted by molar-refractivity contribution is 6.04. The summed E-state index contributed by atoms with van der Waals surface area (Å²) in [5, 5.41) is 0.731. The maximum absolute atomic E-state index is 12.5. The van der Waals surface area contributed by atoms with E-state index >= 15 is 0 Å². The number of amides is 3. The monoisotopic (exact) mass is 371 g/mol. The van der Waals surface area contributed by atoms with E-state index in [9.17, 15) is 14.4 Å². The van der Waals surface area contributed by atoms with Crippen molar-refractivity contribution in [3.8, 4) is 0 Å². The summed E-state index contributed by atoms with van der Waals surface area (Å²) in [7, 11) is 0. The summed E-state index contributed by atoms with van der Waals surface area (Å²) >= 11 is 0. The molecule has 3 fully saturated rings. The van der Waals surface area contributed by atoms with Crippen LogP contribution in [-0.4, -0.2) is 54.0 Å². The van der Waals surface area contributed by atoms with Gasteiger partial charge < -0.3 is 14.6 Å². The lowest BCUT2D eigenvalue weighted by atomic mass is 9.81. The zero-order valence-electron chi connectivity index (χ0n) is 15.6. The van der Waals surface area contributed by atoms with Crippen molar-refractivity contribution in [3.63, 3.8) is 0 Å². The van der Waals surface area contributed by atoms with Gasteiger partial charge in [0.05, 0.1) is 11.8 Å². The quantitative estimate of drug-likeness (QED) is 0.747. The van der Waals surface area contributed by atoms with Gasteiger partial charge in [-0.05, 0) is 31.9 Å². The molecule has 2 heterocycles. The number of imide groups is 1. The normalized spacial score (nSPS) is 25.6. The number of nitrogens with zero attached hydrogens (tertiary/aromatic N) is 3. The van der Waals surface area contributed by atoms with Crippen LogP contribution in [0.1, 0.15) is 31.2 Å². The van der Waals surface area contributed by atoms with Crippen LogP contribution in [0.4, 0.5) is 10.5 Å². The van der Waals surface area contributed by atoms with Crippen LogP contribution in [0, 0.1) is 18.8 Å². The topological polar surface area (TPSA) is 70.2 Å². The van der Waals surface area contributed by atoms with E-state index in [1.54, 1.807) is 4.90 Å². The third kappa shape index (κ3) is 3.38. The zero-order valence-corrected chi connectivity index (χ0v) is 15.6. The molecule has 0 aromatic heterocycles. The molecule has 2 aliphatic heterocycles. The lowest BCUT2D eigenvalue weighted by Crippen LogP contribution is -2.50. The molecule has 27 heavy (non-hydrogen) atoms. The van der Waals surface area contributed by atoms with Gasteiger partial charge in [0, 0.05) is 31.9 Å². The lowest BCUT2D eigenvalue weighted by molar-refractivity contribution is -0.175. The number of fused-ring (bicyclic) bond motifs is 1. The van der Waals surface area contributed by atoms with Crippen molar-refractivity contribution in [3.05, 3.63) is 29.8 Å². The van der Waals surface area contributed by atoms with Crippen LogP contribution in [0.15, 0.2) is 24.3 Å². The van der Waals surface area contributed by atoms with Gasteiger partial charge in [0.2, 0.25) is 0 Å². The second-order valence-electron chi connectivity index (χ2n) is 7.64. The molecule has 7 nitrogen and oxygen atoms in total. The number of benzene rings is 1. The number of anilines is 1. The molecule has 3 amide bonds. The summed E-state index contributed by atoms with van der Waals surface area (Å²) < 4.78 is 0. The largest absolute Gasteiger partial charge is 0.434 e. The number of hydroxylamine groups is 2. The molecular formula is C20H25N3O4. The molecule has 2 atom stereocenters. The minimum Gasteiger partial charge on any atom is -0.368 e. The molecule has 7 heteroatoms. The summed E-state index contributed by atoms with van der Waals surface area (Å²) in [5.41, 5.74) is 2.34. The average Bonchev–Trinajstić information content (AvgIpc) is 2.94. The van der Waals surface area contributed by atoms with E-state index in [0.29, 0.717) is 39.0 Å². The summed E-state index contributed by atoms with van der Waals surface area (Å²) in [5.74, 6) is -1.32. The van der Waals surface area contributed by atoms with Gasteiger partial charge in [-0.15, -0.1) is 5.06 Å². The van der Waals surface area contributed by atoms with Crippen LogP contribution in [0.5, 0.6) is 0 Å². The summed E-state index contributed by atoms with van der Waals surface area (Å²) in [6.07, 6.45) is 2.70. The smallest absolute Gasteiger partial charge is 0.368 e. The Labute approximate surface area is 158 Å². The van der Waals surface area contributed by atoms with E-state index < -0.39 is 6.09 Å². The van der Waals surface area contributed by atoms with Gasteiger partial charge in [0.25, 0.3) is 11.8 Å². The number of piperazine rings is 1. The fraction of sp³-hybridized carbons (Fsp3) is 0.550. The Hall–Kier alpha value is -2.57. The molecule has 1 aromatic carbocycles. The Kier molecular flexibility index (Phi) is 4.76. The molecule has 2 unspecified atom stereocenters. The van der Waals surface area contributed by atoms with E-state index in [4.69, 9.17) is 4.84 Å². The standard InChI is InChI=1S/C20H25N3O4/c1-14-6-8-15(9-7-14)21-10-12-22(13-11-21)20(26)27-23-18(24)16-4-2-3-5-17(16)19(23)25/h6-9,16-17H,2-5,10-13H2,1H3. The van der Waals surface area contributed by atoms with E-state index in [-0.39, 0.29) is 23.7 Å². The number of carbonyl (C=O) groups is 3. The zero-order chi connectivity index (χ0) is 19.0. The first-order valence-electron chi connectivity index (χ1n) is 9.71. The molecule has 3 aliphatic rings. The number of hydrogen-bond donors (Lipinski definition) is 0. The minimum atomic E-state index is -0.612. The lowest BCUT2D eigenvalue weighted by Gasteiger charge is -2.35. The molecule has 144 valence electrons. The molecule has 1 aromatic rings. The summed E-state index contributed by atoms with van der Waals surface area (Å²) in [6, 6.07) is 8.29. The first kappa shape index (κ1) is 17.8. The van der Waals surface area contributed by atoms with Crippen LogP contribution >= 0.6 is 0 Å².